The summed E-state index contributed by atoms with van der Waals surface area (Å²) in [5, 5.41) is -0.858. The minimum Gasteiger partial charge on any atom is -0.457 e. The van der Waals surface area contributed by atoms with Crippen LogP contribution in [-0.4, -0.2) is 45.1 Å². The molecule has 2 aromatic rings. The molecule has 0 spiro atoms. The molecule has 0 radical (unpaired) electrons. The first-order chi connectivity index (χ1) is 15.5. The zero-order valence-corrected chi connectivity index (χ0v) is 26.1. The van der Waals surface area contributed by atoms with E-state index in [9.17, 15) is 12.8 Å². The zero-order chi connectivity index (χ0) is 24.2. The molecular weight excluding hydrogens is 695 g/mol. The summed E-state index contributed by atoms with van der Waals surface area (Å²) < 4.78 is 46.8. The summed E-state index contributed by atoms with van der Waals surface area (Å²) in [5.41, 5.74) is 7.26. The van der Waals surface area contributed by atoms with E-state index in [1.54, 1.807) is 26.0 Å². The van der Waals surface area contributed by atoms with Gasteiger partial charge in [-0.05, 0) is 81.9 Å². The van der Waals surface area contributed by atoms with Gasteiger partial charge in [-0.3, -0.25) is 0 Å². The van der Waals surface area contributed by atoms with Gasteiger partial charge < -0.3 is 15.4 Å². The van der Waals surface area contributed by atoms with Crippen molar-refractivity contribution in [2.24, 2.45) is 10.1 Å². The van der Waals surface area contributed by atoms with Crippen molar-refractivity contribution in [1.82, 2.24) is 4.90 Å². The van der Waals surface area contributed by atoms with Crippen molar-refractivity contribution in [1.29, 1.82) is 0 Å². The van der Waals surface area contributed by atoms with Gasteiger partial charge in [0, 0.05) is 1.43 Å². The molecule has 1 atom stereocenters. The number of aryl methyl sites for hydroxylation is 1. The molecular formula is C25H38FI2N3O3S. The van der Waals surface area contributed by atoms with Gasteiger partial charge in [0.2, 0.25) is 0 Å². The molecule has 1 fully saturated rings. The Hall–Kier alpha value is -0.990. The number of ether oxygens (including phenoxy) is 1. The molecule has 2 aromatic carbocycles. The maximum Gasteiger partial charge on any atom is 0.298 e. The first-order valence-corrected chi connectivity index (χ1v) is 12.8. The van der Waals surface area contributed by atoms with Crippen molar-refractivity contribution in [3.63, 3.8) is 0 Å². The van der Waals surface area contributed by atoms with E-state index in [0.717, 1.165) is 37.9 Å². The molecule has 35 heavy (non-hydrogen) atoms. The number of nitrogens with zero attached hydrogens (tertiary/aromatic N) is 2. The Morgan fingerprint density at radius 3 is 2.26 bits per heavy atom. The number of rotatable bonds is 3. The van der Waals surface area contributed by atoms with Gasteiger partial charge in [-0.25, -0.2) is 12.8 Å². The normalized spacial score (nSPS) is 21.2. The molecule has 198 valence electrons. The number of sulfonamides is 1. The van der Waals surface area contributed by atoms with Crippen LogP contribution in [-0.2, 0) is 21.2 Å². The number of amidine groups is 1. The summed E-state index contributed by atoms with van der Waals surface area (Å²) in [6.07, 6.45) is 2.94. The van der Waals surface area contributed by atoms with E-state index >= 15 is 0 Å². The minimum absolute atomic E-state index is 0. The highest BCUT2D eigenvalue weighted by Gasteiger charge is 2.47. The molecule has 0 bridgehead atoms. The highest BCUT2D eigenvalue weighted by molar-refractivity contribution is 14.0. The molecule has 6 nitrogen and oxygen atoms in total. The summed E-state index contributed by atoms with van der Waals surface area (Å²) in [7, 11) is -1.63. The number of hydrogen-bond acceptors (Lipinski definition) is 5. The number of halogens is 3. The second kappa shape index (κ2) is 13.5. The molecule has 4 rings (SSSR count). The third kappa shape index (κ3) is 8.26. The zero-order valence-electron chi connectivity index (χ0n) is 20.6. The lowest BCUT2D eigenvalue weighted by Crippen LogP contribution is -2.45. The predicted octanol–water partition coefficient (Wildman–Crippen LogP) is 5.86. The molecule has 0 aliphatic carbocycles. The van der Waals surface area contributed by atoms with Gasteiger partial charge in [-0.2, -0.15) is 0 Å². The van der Waals surface area contributed by atoms with Crippen molar-refractivity contribution in [2.45, 2.75) is 56.8 Å². The van der Waals surface area contributed by atoms with E-state index < -0.39 is 20.9 Å². The van der Waals surface area contributed by atoms with Crippen LogP contribution >= 0.6 is 48.0 Å². The van der Waals surface area contributed by atoms with Crippen LogP contribution in [0.2, 0.25) is 0 Å². The largest absolute Gasteiger partial charge is 0.457 e. The smallest absolute Gasteiger partial charge is 0.298 e. The first-order valence-electron chi connectivity index (χ1n) is 11.3. The summed E-state index contributed by atoms with van der Waals surface area (Å²) in [4.78, 5) is 2.32. The third-order valence-electron chi connectivity index (χ3n) is 6.26. The van der Waals surface area contributed by atoms with Crippen LogP contribution in [0.1, 0.15) is 62.9 Å². The van der Waals surface area contributed by atoms with E-state index in [1.165, 1.54) is 11.6 Å². The van der Waals surface area contributed by atoms with Gasteiger partial charge in [-0.15, -0.1) is 52.4 Å². The molecule has 0 aromatic heterocycles. The molecule has 10 heteroatoms. The van der Waals surface area contributed by atoms with Crippen molar-refractivity contribution in [3.8, 4) is 0 Å². The summed E-state index contributed by atoms with van der Waals surface area (Å²) in [6, 6.07) is 14.4. The Balaban J connectivity index is 0.000000875. The fourth-order valence-corrected chi connectivity index (χ4v) is 6.20. The molecule has 2 N–H and O–H groups in total. The van der Waals surface area contributed by atoms with E-state index in [-0.39, 0.29) is 61.2 Å². The van der Waals surface area contributed by atoms with Gasteiger partial charge in [-0.1, -0.05) is 49.4 Å². The lowest BCUT2D eigenvalue weighted by Gasteiger charge is -2.36. The number of likely N-dealkylation sites (tertiary alicyclic amines) is 1. The van der Waals surface area contributed by atoms with Gasteiger partial charge >= 0.3 is 0 Å². The van der Waals surface area contributed by atoms with Gasteiger partial charge in [0.05, 0.1) is 0 Å². The van der Waals surface area contributed by atoms with E-state index in [0.29, 0.717) is 11.5 Å². The van der Waals surface area contributed by atoms with Gasteiger partial charge in [0.15, 0.2) is 0 Å². The fourth-order valence-electron chi connectivity index (χ4n) is 4.55. The van der Waals surface area contributed by atoms with Crippen LogP contribution in [0.15, 0.2) is 52.9 Å². The molecule has 1 saturated heterocycles. The number of hydrogen-bond donors (Lipinski definition) is 1. The van der Waals surface area contributed by atoms with E-state index in [1.807, 2.05) is 31.2 Å². The van der Waals surface area contributed by atoms with Gasteiger partial charge in [0.1, 0.15) is 16.7 Å². The number of piperidine rings is 1. The maximum absolute atomic E-state index is 12.6. The molecule has 0 amide bonds. The lowest BCUT2D eigenvalue weighted by molar-refractivity contribution is 0.0826. The van der Waals surface area contributed by atoms with Crippen molar-refractivity contribution in [3.05, 3.63) is 71.0 Å². The molecule has 0 saturated carbocycles. The van der Waals surface area contributed by atoms with Crippen molar-refractivity contribution in [2.75, 3.05) is 20.1 Å². The van der Waals surface area contributed by atoms with Crippen LogP contribution in [0.4, 0.5) is 4.39 Å². The third-order valence-corrected chi connectivity index (χ3v) is 8.13. The predicted molar refractivity (Wildman–Crippen MR) is 163 cm³/mol. The Morgan fingerprint density at radius 1 is 1.11 bits per heavy atom. The Kier molecular flexibility index (Phi) is 12.4. The van der Waals surface area contributed by atoms with Gasteiger partial charge in [0.25, 0.3) is 16.0 Å². The highest BCUT2D eigenvalue weighted by Crippen LogP contribution is 2.41. The SMILES string of the molecule is CCc1ccccc1F.CN1CCC(c2cccc(C3C(C)(C)OC(N)=NS3(=O)=O)c2)CC1.I.I.[HH]. The van der Waals surface area contributed by atoms with Crippen molar-refractivity contribution >= 4 is 64.0 Å². The minimum atomic E-state index is -3.76. The quantitative estimate of drug-likeness (QED) is 0.400. The highest BCUT2D eigenvalue weighted by atomic mass is 127. The van der Waals surface area contributed by atoms with Crippen molar-refractivity contribution < 1.29 is 19.0 Å². The van der Waals surface area contributed by atoms with E-state index in [2.05, 4.69) is 22.4 Å². The molecule has 2 aliphatic heterocycles. The second-order valence-electron chi connectivity index (χ2n) is 9.22. The van der Waals surface area contributed by atoms with Crippen LogP contribution in [0, 0.1) is 5.82 Å². The number of benzene rings is 2. The maximum atomic E-state index is 12.6. The monoisotopic (exact) mass is 733 g/mol. The van der Waals surface area contributed by atoms with Crippen LogP contribution in [0.3, 0.4) is 0 Å². The summed E-state index contributed by atoms with van der Waals surface area (Å²) in [6.45, 7) is 7.54. The average molecular weight is 733 g/mol. The lowest BCUT2D eigenvalue weighted by atomic mass is 9.87. The first kappa shape index (κ1) is 32.0. The van der Waals surface area contributed by atoms with Crippen LogP contribution in [0.5, 0.6) is 0 Å². The molecule has 1 unspecified atom stereocenters. The van der Waals surface area contributed by atoms with E-state index in [4.69, 9.17) is 10.5 Å². The van der Waals surface area contributed by atoms with Crippen LogP contribution in [0.25, 0.3) is 0 Å². The Morgan fingerprint density at radius 2 is 1.71 bits per heavy atom. The molecule has 2 aliphatic rings. The fraction of sp³-hybridized carbons (Fsp3) is 0.480. The second-order valence-corrected chi connectivity index (χ2v) is 10.9. The molecule has 2 heterocycles. The standard InChI is InChI=1S/C17H25N3O3S.C8H9F.2HI.H2/c1-17(2)15(24(21,22)19-16(18)23-17)14-6-4-5-13(11-14)12-7-9-20(3)10-8-12;1-2-7-5-3-4-6-8(7)9;;;/h4-6,11-12,15H,7-10H2,1-3H3,(H2,18,19);3-6H,2H2,1H3;3*1H. The summed E-state index contributed by atoms with van der Waals surface area (Å²) in [5.74, 6) is 0.366. The average Bonchev–Trinajstić information content (AvgIpc) is 2.73. The Labute approximate surface area is 244 Å². The number of nitrogens with two attached hydrogens (primary N) is 1. The summed E-state index contributed by atoms with van der Waals surface area (Å²) >= 11 is 0. The topological polar surface area (TPSA) is 85.0 Å². The Bertz CT molecular complexity index is 1110. The van der Waals surface area contributed by atoms with Crippen LogP contribution < -0.4 is 5.73 Å².